The average Bonchev–Trinajstić information content (AvgIpc) is 2.14. The summed E-state index contributed by atoms with van der Waals surface area (Å²) in [4.78, 5) is 0. The molecule has 0 fully saturated rings. The zero-order valence-corrected chi connectivity index (χ0v) is 7.92. The zero-order valence-electron chi connectivity index (χ0n) is 7.92. The Bertz CT molecular complexity index is 158. The molecule has 0 amide bonds. The summed E-state index contributed by atoms with van der Waals surface area (Å²) in [7, 11) is 0. The molecule has 0 aliphatic heterocycles. The third-order valence-electron chi connectivity index (χ3n) is 2.31. The predicted octanol–water partition coefficient (Wildman–Crippen LogP) is 2.51. The molecule has 0 aromatic rings. The maximum atomic E-state index is 3.44. The van der Waals surface area contributed by atoms with Gasteiger partial charge in [-0.1, -0.05) is 24.3 Å². The van der Waals surface area contributed by atoms with Gasteiger partial charge < -0.3 is 5.32 Å². The van der Waals surface area contributed by atoms with Gasteiger partial charge in [-0.25, -0.2) is 0 Å². The van der Waals surface area contributed by atoms with E-state index in [0.29, 0.717) is 0 Å². The van der Waals surface area contributed by atoms with E-state index < -0.39 is 0 Å². The summed E-state index contributed by atoms with van der Waals surface area (Å²) in [6.45, 7) is 4.26. The lowest BCUT2D eigenvalue weighted by Crippen LogP contribution is -2.23. The van der Waals surface area contributed by atoms with Crippen molar-refractivity contribution in [1.82, 2.24) is 5.32 Å². The van der Waals surface area contributed by atoms with E-state index in [-0.39, 0.29) is 0 Å². The van der Waals surface area contributed by atoms with Crippen LogP contribution in [0.3, 0.4) is 0 Å². The summed E-state index contributed by atoms with van der Waals surface area (Å²) in [6, 6.07) is 0. The highest BCUT2D eigenvalue weighted by molar-refractivity contribution is 4.91. The van der Waals surface area contributed by atoms with E-state index >= 15 is 0 Å². The van der Waals surface area contributed by atoms with E-state index in [1.807, 2.05) is 0 Å². The van der Waals surface area contributed by atoms with Gasteiger partial charge in [0, 0.05) is 6.54 Å². The molecule has 0 aromatic carbocycles. The number of rotatable bonds is 4. The Morgan fingerprint density at radius 3 is 3.08 bits per heavy atom. The minimum Gasteiger partial charge on any atom is -0.313 e. The summed E-state index contributed by atoms with van der Waals surface area (Å²) < 4.78 is 0. The summed E-state index contributed by atoms with van der Waals surface area (Å²) in [5.41, 5.74) is 0. The van der Waals surface area contributed by atoms with E-state index in [1.54, 1.807) is 0 Å². The molecule has 1 N–H and O–H groups in total. The van der Waals surface area contributed by atoms with E-state index in [2.05, 4.69) is 36.5 Å². The lowest BCUT2D eigenvalue weighted by atomic mass is 9.94. The van der Waals surface area contributed by atoms with Crippen LogP contribution >= 0.6 is 0 Å². The van der Waals surface area contributed by atoms with Gasteiger partial charge in [0.2, 0.25) is 0 Å². The minimum atomic E-state index is 0.875. The van der Waals surface area contributed by atoms with Crippen LogP contribution in [0.15, 0.2) is 24.3 Å². The van der Waals surface area contributed by atoms with Crippen molar-refractivity contribution in [3.63, 3.8) is 0 Å². The number of nitrogens with one attached hydrogen (secondary N) is 1. The first-order chi connectivity index (χ1) is 5.93. The fourth-order valence-electron chi connectivity index (χ4n) is 1.53. The molecule has 0 saturated heterocycles. The van der Waals surface area contributed by atoms with Gasteiger partial charge in [-0.3, -0.25) is 0 Å². The largest absolute Gasteiger partial charge is 0.313 e. The summed E-state index contributed by atoms with van der Waals surface area (Å²) in [6.07, 6.45) is 12.8. The molecule has 12 heavy (non-hydrogen) atoms. The van der Waals surface area contributed by atoms with Crippen molar-refractivity contribution in [3.8, 4) is 0 Å². The summed E-state index contributed by atoms with van der Waals surface area (Å²) in [5, 5.41) is 3.44. The molecule has 1 nitrogen and oxygen atoms in total. The van der Waals surface area contributed by atoms with Gasteiger partial charge >= 0.3 is 0 Å². The van der Waals surface area contributed by atoms with Gasteiger partial charge in [-0.05, 0) is 38.6 Å². The van der Waals surface area contributed by atoms with Crippen molar-refractivity contribution in [2.75, 3.05) is 13.1 Å². The highest BCUT2D eigenvalue weighted by Crippen LogP contribution is 2.16. The Morgan fingerprint density at radius 1 is 1.50 bits per heavy atom. The standard InChI is InChI=1S/C11H19N/c1-2-3-9-12-10-11-7-5-4-6-8-11/h2-5,11-12H,6-10H2,1H3/b3-2+. The predicted molar refractivity (Wildman–Crippen MR) is 54.2 cm³/mol. The van der Waals surface area contributed by atoms with Crippen molar-refractivity contribution >= 4 is 0 Å². The van der Waals surface area contributed by atoms with Gasteiger partial charge in [-0.15, -0.1) is 0 Å². The Hall–Kier alpha value is -0.560. The van der Waals surface area contributed by atoms with Crippen molar-refractivity contribution < 1.29 is 0 Å². The SMILES string of the molecule is C/C=C/CNCC1CC=CCC1. The van der Waals surface area contributed by atoms with E-state index in [0.717, 1.165) is 12.5 Å². The lowest BCUT2D eigenvalue weighted by molar-refractivity contribution is 0.451. The molecular weight excluding hydrogens is 146 g/mol. The van der Waals surface area contributed by atoms with Crippen LogP contribution < -0.4 is 5.32 Å². The molecule has 0 spiro atoms. The van der Waals surface area contributed by atoms with Crippen LogP contribution in [0.4, 0.5) is 0 Å². The number of hydrogen-bond acceptors (Lipinski definition) is 1. The van der Waals surface area contributed by atoms with Crippen molar-refractivity contribution in [3.05, 3.63) is 24.3 Å². The second kappa shape index (κ2) is 6.01. The fraction of sp³-hybridized carbons (Fsp3) is 0.636. The molecule has 1 atom stereocenters. The molecule has 0 saturated carbocycles. The van der Waals surface area contributed by atoms with E-state index in [4.69, 9.17) is 0 Å². The first kappa shape index (κ1) is 9.53. The third kappa shape index (κ3) is 3.72. The highest BCUT2D eigenvalue weighted by atomic mass is 14.8. The molecule has 0 bridgehead atoms. The Balaban J connectivity index is 2.02. The molecule has 68 valence electrons. The van der Waals surface area contributed by atoms with Crippen LogP contribution in [-0.4, -0.2) is 13.1 Å². The molecule has 0 radical (unpaired) electrons. The van der Waals surface area contributed by atoms with Gasteiger partial charge in [-0.2, -0.15) is 0 Å². The van der Waals surface area contributed by atoms with Crippen LogP contribution in [0.1, 0.15) is 26.2 Å². The first-order valence-corrected chi connectivity index (χ1v) is 4.90. The van der Waals surface area contributed by atoms with Crippen LogP contribution in [-0.2, 0) is 0 Å². The Kier molecular flexibility index (Phi) is 4.77. The zero-order chi connectivity index (χ0) is 8.65. The van der Waals surface area contributed by atoms with Crippen molar-refractivity contribution in [2.45, 2.75) is 26.2 Å². The van der Waals surface area contributed by atoms with E-state index in [1.165, 1.54) is 25.8 Å². The second-order valence-electron chi connectivity index (χ2n) is 3.38. The maximum absolute atomic E-state index is 3.44. The van der Waals surface area contributed by atoms with Crippen LogP contribution in [0.25, 0.3) is 0 Å². The summed E-state index contributed by atoms with van der Waals surface area (Å²) in [5.74, 6) is 0.875. The van der Waals surface area contributed by atoms with Gasteiger partial charge in [0.1, 0.15) is 0 Å². The molecule has 1 unspecified atom stereocenters. The van der Waals surface area contributed by atoms with Crippen molar-refractivity contribution in [1.29, 1.82) is 0 Å². The van der Waals surface area contributed by atoms with Gasteiger partial charge in [0.25, 0.3) is 0 Å². The molecular formula is C11H19N. The summed E-state index contributed by atoms with van der Waals surface area (Å²) >= 11 is 0. The van der Waals surface area contributed by atoms with Crippen LogP contribution in [0.5, 0.6) is 0 Å². The lowest BCUT2D eigenvalue weighted by Gasteiger charge is -2.17. The molecule has 0 aromatic heterocycles. The molecule has 1 aliphatic rings. The van der Waals surface area contributed by atoms with Gasteiger partial charge in [0.05, 0.1) is 0 Å². The molecule has 1 aliphatic carbocycles. The normalized spacial score (nSPS) is 23.6. The molecule has 1 heteroatoms. The first-order valence-electron chi connectivity index (χ1n) is 4.90. The van der Waals surface area contributed by atoms with Gasteiger partial charge in [0.15, 0.2) is 0 Å². The second-order valence-corrected chi connectivity index (χ2v) is 3.38. The monoisotopic (exact) mass is 165 g/mol. The molecule has 0 heterocycles. The van der Waals surface area contributed by atoms with Crippen molar-refractivity contribution in [2.24, 2.45) is 5.92 Å². The number of allylic oxidation sites excluding steroid dienone is 3. The van der Waals surface area contributed by atoms with Crippen LogP contribution in [0.2, 0.25) is 0 Å². The maximum Gasteiger partial charge on any atom is 0.0134 e. The average molecular weight is 165 g/mol. The Labute approximate surface area is 75.6 Å². The minimum absolute atomic E-state index is 0.875. The van der Waals surface area contributed by atoms with Crippen LogP contribution in [0, 0.1) is 5.92 Å². The number of hydrogen-bond donors (Lipinski definition) is 1. The topological polar surface area (TPSA) is 12.0 Å². The quantitative estimate of drug-likeness (QED) is 0.498. The van der Waals surface area contributed by atoms with E-state index in [9.17, 15) is 0 Å². The fourth-order valence-corrected chi connectivity index (χ4v) is 1.53. The molecule has 1 rings (SSSR count). The third-order valence-corrected chi connectivity index (χ3v) is 2.31. The smallest absolute Gasteiger partial charge is 0.0134 e. The highest BCUT2D eigenvalue weighted by Gasteiger charge is 2.07. The Morgan fingerprint density at radius 2 is 2.42 bits per heavy atom.